The van der Waals surface area contributed by atoms with Gasteiger partial charge in [0.05, 0.1) is 0 Å². The molecule has 0 aliphatic carbocycles. The molecular formula is C63H102O6. The van der Waals surface area contributed by atoms with E-state index in [4.69, 9.17) is 14.2 Å². The summed E-state index contributed by atoms with van der Waals surface area (Å²) in [5.41, 5.74) is 0. The predicted molar refractivity (Wildman–Crippen MR) is 297 cm³/mol. The number of hydrogen-bond acceptors (Lipinski definition) is 6. The molecule has 0 unspecified atom stereocenters. The van der Waals surface area contributed by atoms with Crippen molar-refractivity contribution < 1.29 is 28.6 Å². The zero-order valence-corrected chi connectivity index (χ0v) is 44.5. The molecule has 6 nitrogen and oxygen atoms in total. The van der Waals surface area contributed by atoms with Crippen LogP contribution in [0, 0.1) is 0 Å². The zero-order chi connectivity index (χ0) is 50.0. The van der Waals surface area contributed by atoms with Crippen LogP contribution in [0.2, 0.25) is 0 Å². The normalized spacial score (nSPS) is 13.0. The molecule has 0 amide bonds. The van der Waals surface area contributed by atoms with Gasteiger partial charge in [-0.1, -0.05) is 206 Å². The third-order valence-corrected chi connectivity index (χ3v) is 11.4. The first-order valence-electron chi connectivity index (χ1n) is 28.0. The van der Waals surface area contributed by atoms with E-state index in [1.807, 2.05) is 0 Å². The summed E-state index contributed by atoms with van der Waals surface area (Å²) in [6.07, 6.45) is 77.5. The summed E-state index contributed by atoms with van der Waals surface area (Å²) in [4.78, 5) is 38.1. The van der Waals surface area contributed by atoms with Crippen molar-refractivity contribution in [1.82, 2.24) is 0 Å². The number of rotatable bonds is 49. The largest absolute Gasteiger partial charge is 0.462 e. The third-order valence-electron chi connectivity index (χ3n) is 11.4. The number of hydrogen-bond donors (Lipinski definition) is 0. The van der Waals surface area contributed by atoms with Gasteiger partial charge in [-0.25, -0.2) is 0 Å². The maximum Gasteiger partial charge on any atom is 0.306 e. The van der Waals surface area contributed by atoms with Gasteiger partial charge in [0.1, 0.15) is 13.2 Å². The van der Waals surface area contributed by atoms with Crippen LogP contribution < -0.4 is 0 Å². The van der Waals surface area contributed by atoms with E-state index in [0.29, 0.717) is 12.8 Å². The maximum atomic E-state index is 12.8. The fourth-order valence-corrected chi connectivity index (χ4v) is 7.15. The Labute approximate surface area is 424 Å². The van der Waals surface area contributed by atoms with Crippen LogP contribution in [0.5, 0.6) is 0 Å². The van der Waals surface area contributed by atoms with Gasteiger partial charge in [0.25, 0.3) is 0 Å². The second-order valence-corrected chi connectivity index (χ2v) is 18.1. The van der Waals surface area contributed by atoms with Crippen LogP contribution in [0.1, 0.15) is 239 Å². The van der Waals surface area contributed by atoms with Crippen molar-refractivity contribution >= 4 is 17.9 Å². The highest BCUT2D eigenvalue weighted by molar-refractivity contribution is 5.71. The molecule has 0 aliphatic heterocycles. The Bertz CT molecular complexity index is 1470. The Morgan fingerprint density at radius 1 is 0.290 bits per heavy atom. The van der Waals surface area contributed by atoms with Gasteiger partial charge < -0.3 is 14.2 Å². The Morgan fingerprint density at radius 3 is 0.855 bits per heavy atom. The van der Waals surface area contributed by atoms with Crippen LogP contribution in [-0.4, -0.2) is 37.2 Å². The van der Waals surface area contributed by atoms with Crippen molar-refractivity contribution in [2.45, 2.75) is 245 Å². The summed E-state index contributed by atoms with van der Waals surface area (Å²) >= 11 is 0. The standard InChI is InChI=1S/C63H102O6/c1-4-7-10-13-16-19-22-25-28-31-34-37-40-43-46-49-52-55-61(64)67-58-60(69-63(66)57-54-51-48-45-42-39-36-33-30-27-24-21-18-15-12-9-6-3)59-68-62(65)56-53-50-47-44-41-38-35-32-29-26-23-20-17-14-11-8-5-2/h16-21,25-30,34-39,43,46,60H,4-15,22-24,31-33,40-42,44-45,47-59H2,1-3H3/b19-16+,20-17+,21-18+,28-25+,29-26+,30-27+,37-34+,38-35+,39-36+,46-43+/t60-/m0/s1. The Morgan fingerprint density at radius 2 is 0.536 bits per heavy atom. The minimum Gasteiger partial charge on any atom is -0.462 e. The van der Waals surface area contributed by atoms with E-state index in [1.165, 1.54) is 77.0 Å². The van der Waals surface area contributed by atoms with Crippen molar-refractivity contribution in [2.75, 3.05) is 13.2 Å². The molecular weight excluding hydrogens is 853 g/mol. The van der Waals surface area contributed by atoms with Gasteiger partial charge in [0.2, 0.25) is 0 Å². The van der Waals surface area contributed by atoms with E-state index in [9.17, 15) is 14.4 Å². The van der Waals surface area contributed by atoms with Crippen molar-refractivity contribution in [3.8, 4) is 0 Å². The molecule has 0 aromatic heterocycles. The molecule has 69 heavy (non-hydrogen) atoms. The van der Waals surface area contributed by atoms with E-state index in [1.54, 1.807) is 0 Å². The highest BCUT2D eigenvalue weighted by Gasteiger charge is 2.19. The molecule has 0 spiro atoms. The van der Waals surface area contributed by atoms with Crippen molar-refractivity contribution in [1.29, 1.82) is 0 Å². The quantitative estimate of drug-likeness (QED) is 0.0262. The van der Waals surface area contributed by atoms with E-state index < -0.39 is 6.10 Å². The van der Waals surface area contributed by atoms with Crippen molar-refractivity contribution in [3.63, 3.8) is 0 Å². The summed E-state index contributed by atoms with van der Waals surface area (Å²) in [5.74, 6) is -1.02. The molecule has 0 N–H and O–H groups in total. The fourth-order valence-electron chi connectivity index (χ4n) is 7.15. The highest BCUT2D eigenvalue weighted by Crippen LogP contribution is 2.12. The molecule has 0 radical (unpaired) electrons. The SMILES string of the molecule is CCCCC/C=C/C/C=C/C/C=C/C/C=C/CCCC(=O)OC[C@@H](COC(=O)CCCCCC/C=C/C/C=C/C/C=C/CCCCC)OC(=O)CCCCCC/C=C/C/C=C/C/C=C/CCCCC. The molecule has 1 atom stereocenters. The summed E-state index contributed by atoms with van der Waals surface area (Å²) in [5, 5.41) is 0. The highest BCUT2D eigenvalue weighted by atomic mass is 16.6. The lowest BCUT2D eigenvalue weighted by atomic mass is 10.1. The molecule has 0 saturated heterocycles. The fraction of sp³-hybridized carbons (Fsp3) is 0.635. The molecule has 0 fully saturated rings. The molecule has 390 valence electrons. The predicted octanol–water partition coefficient (Wildman–Crippen LogP) is 18.9. The van der Waals surface area contributed by atoms with Gasteiger partial charge in [0.15, 0.2) is 6.10 Å². The average molecular weight is 956 g/mol. The first kappa shape index (κ1) is 64.8. The van der Waals surface area contributed by atoms with Gasteiger partial charge in [-0.15, -0.1) is 0 Å². The Kier molecular flexibility index (Phi) is 53.0. The second-order valence-electron chi connectivity index (χ2n) is 18.1. The number of carbonyl (C=O) groups is 3. The van der Waals surface area contributed by atoms with Crippen LogP contribution in [0.4, 0.5) is 0 Å². The molecule has 0 heterocycles. The first-order valence-corrected chi connectivity index (χ1v) is 28.0. The van der Waals surface area contributed by atoms with Gasteiger partial charge in [0, 0.05) is 19.3 Å². The van der Waals surface area contributed by atoms with Crippen LogP contribution >= 0.6 is 0 Å². The smallest absolute Gasteiger partial charge is 0.306 e. The van der Waals surface area contributed by atoms with Gasteiger partial charge in [-0.05, 0) is 135 Å². The third kappa shape index (κ3) is 54.6. The molecule has 0 rings (SSSR count). The maximum absolute atomic E-state index is 12.8. The topological polar surface area (TPSA) is 78.9 Å². The van der Waals surface area contributed by atoms with E-state index >= 15 is 0 Å². The number of esters is 3. The van der Waals surface area contributed by atoms with Crippen molar-refractivity contribution in [3.05, 3.63) is 122 Å². The minimum absolute atomic E-state index is 0.119. The summed E-state index contributed by atoms with van der Waals surface area (Å²) < 4.78 is 16.8. The van der Waals surface area contributed by atoms with Crippen LogP contribution in [0.15, 0.2) is 122 Å². The molecule has 0 aliphatic rings. The first-order chi connectivity index (χ1) is 34.0. The van der Waals surface area contributed by atoms with Gasteiger partial charge in [-0.2, -0.15) is 0 Å². The van der Waals surface area contributed by atoms with Crippen LogP contribution in [0.25, 0.3) is 0 Å². The lowest BCUT2D eigenvalue weighted by Gasteiger charge is -2.18. The monoisotopic (exact) mass is 955 g/mol. The molecule has 0 aromatic rings. The number of allylic oxidation sites excluding steroid dienone is 20. The van der Waals surface area contributed by atoms with E-state index in [-0.39, 0.29) is 44.0 Å². The number of ether oxygens (including phenoxy) is 3. The minimum atomic E-state index is -0.825. The zero-order valence-electron chi connectivity index (χ0n) is 44.5. The summed E-state index contributed by atoms with van der Waals surface area (Å²) in [6, 6.07) is 0. The lowest BCUT2D eigenvalue weighted by molar-refractivity contribution is -0.167. The van der Waals surface area contributed by atoms with Gasteiger partial charge in [-0.3, -0.25) is 14.4 Å². The molecule has 0 bridgehead atoms. The number of unbranched alkanes of at least 4 members (excludes halogenated alkanes) is 18. The summed E-state index contributed by atoms with van der Waals surface area (Å²) in [7, 11) is 0. The second kappa shape index (κ2) is 56.4. The average Bonchev–Trinajstić information content (AvgIpc) is 3.35. The van der Waals surface area contributed by atoms with Gasteiger partial charge >= 0.3 is 17.9 Å². The van der Waals surface area contributed by atoms with Crippen LogP contribution in [-0.2, 0) is 28.6 Å². The molecule has 6 heteroatoms. The number of carbonyl (C=O) groups excluding carboxylic acids is 3. The lowest BCUT2D eigenvalue weighted by Crippen LogP contribution is -2.30. The van der Waals surface area contributed by atoms with Crippen molar-refractivity contribution in [2.24, 2.45) is 0 Å². The summed E-state index contributed by atoms with van der Waals surface area (Å²) in [6.45, 7) is 6.46. The van der Waals surface area contributed by atoms with E-state index in [2.05, 4.69) is 142 Å². The molecule has 0 aromatic carbocycles. The Hall–Kier alpha value is -4.19. The van der Waals surface area contributed by atoms with Crippen LogP contribution in [0.3, 0.4) is 0 Å². The Balaban J connectivity index is 4.58. The molecule has 0 saturated carbocycles. The van der Waals surface area contributed by atoms with E-state index in [0.717, 1.165) is 116 Å².